The molecule has 2 nitrogen and oxygen atoms in total. The van der Waals surface area contributed by atoms with E-state index >= 15 is 0 Å². The first-order chi connectivity index (χ1) is 7.68. The summed E-state index contributed by atoms with van der Waals surface area (Å²) in [6.45, 7) is 1.86. The molecule has 0 heterocycles. The minimum Gasteiger partial charge on any atom is -0.508 e. The summed E-state index contributed by atoms with van der Waals surface area (Å²) in [7, 11) is 0. The summed E-state index contributed by atoms with van der Waals surface area (Å²) >= 11 is 0. The van der Waals surface area contributed by atoms with Crippen LogP contribution in [0.1, 0.15) is 18.5 Å². The fourth-order valence-electron chi connectivity index (χ4n) is 1.73. The van der Waals surface area contributed by atoms with Gasteiger partial charge in [0.1, 0.15) is 5.75 Å². The summed E-state index contributed by atoms with van der Waals surface area (Å²) < 4.78 is 0. The van der Waals surface area contributed by atoms with Gasteiger partial charge in [0.05, 0.1) is 0 Å². The van der Waals surface area contributed by atoms with Crippen molar-refractivity contribution in [3.63, 3.8) is 0 Å². The van der Waals surface area contributed by atoms with E-state index in [0.717, 1.165) is 16.7 Å². The van der Waals surface area contributed by atoms with E-state index in [9.17, 15) is 5.11 Å². The number of phenolic OH excluding ortho intramolecular Hbond substituents is 1. The topological polar surface area (TPSA) is 46.2 Å². The van der Waals surface area contributed by atoms with Crippen molar-refractivity contribution in [1.82, 2.24) is 0 Å². The predicted molar refractivity (Wildman–Crippen MR) is 66.1 cm³/mol. The van der Waals surface area contributed by atoms with Crippen molar-refractivity contribution in [2.75, 3.05) is 0 Å². The van der Waals surface area contributed by atoms with Crippen molar-refractivity contribution in [3.8, 4) is 16.9 Å². The smallest absolute Gasteiger partial charge is 0.120 e. The fourth-order valence-corrected chi connectivity index (χ4v) is 1.73. The van der Waals surface area contributed by atoms with Gasteiger partial charge in [-0.2, -0.15) is 0 Å². The predicted octanol–water partition coefficient (Wildman–Crippen LogP) is 3.08. The molecule has 0 aliphatic carbocycles. The van der Waals surface area contributed by atoms with Crippen LogP contribution < -0.4 is 5.73 Å². The van der Waals surface area contributed by atoms with Crippen LogP contribution in [0.25, 0.3) is 11.1 Å². The molecule has 0 spiro atoms. The van der Waals surface area contributed by atoms with Gasteiger partial charge >= 0.3 is 0 Å². The third-order valence-corrected chi connectivity index (χ3v) is 2.63. The number of hydrogen-bond donors (Lipinski definition) is 2. The number of nitrogens with two attached hydrogens (primary N) is 1. The van der Waals surface area contributed by atoms with E-state index in [2.05, 4.69) is 0 Å². The van der Waals surface area contributed by atoms with Crippen molar-refractivity contribution >= 4 is 0 Å². The molecule has 0 saturated carbocycles. The van der Waals surface area contributed by atoms with Crippen molar-refractivity contribution < 1.29 is 5.11 Å². The number of rotatable bonds is 2. The lowest BCUT2D eigenvalue weighted by atomic mass is 10.00. The highest BCUT2D eigenvalue weighted by atomic mass is 16.3. The van der Waals surface area contributed by atoms with Gasteiger partial charge < -0.3 is 10.8 Å². The molecule has 0 aliphatic rings. The van der Waals surface area contributed by atoms with Crippen LogP contribution in [0.2, 0.25) is 0 Å². The molecule has 0 radical (unpaired) electrons. The van der Waals surface area contributed by atoms with Crippen LogP contribution in [-0.4, -0.2) is 5.11 Å². The zero-order chi connectivity index (χ0) is 11.5. The standard InChI is InChI=1S/C14H15NO/c1-10(15)13-9-12(7-8-14(13)16)11-5-3-2-4-6-11/h2-10,16H,15H2,1H3. The average Bonchev–Trinajstić information content (AvgIpc) is 2.30. The molecule has 0 saturated heterocycles. The SMILES string of the molecule is CC(N)c1cc(-c2ccccc2)ccc1O. The Kier molecular flexibility index (Phi) is 2.93. The molecule has 2 rings (SSSR count). The van der Waals surface area contributed by atoms with E-state index in [0.29, 0.717) is 0 Å². The molecule has 1 unspecified atom stereocenters. The van der Waals surface area contributed by atoms with Gasteiger partial charge in [0, 0.05) is 11.6 Å². The second-order valence-corrected chi connectivity index (χ2v) is 3.93. The van der Waals surface area contributed by atoms with Crippen molar-refractivity contribution in [1.29, 1.82) is 0 Å². The lowest BCUT2D eigenvalue weighted by Gasteiger charge is -2.10. The van der Waals surface area contributed by atoms with Gasteiger partial charge in [-0.05, 0) is 30.2 Å². The maximum Gasteiger partial charge on any atom is 0.120 e. The van der Waals surface area contributed by atoms with Gasteiger partial charge in [0.15, 0.2) is 0 Å². The van der Waals surface area contributed by atoms with Crippen LogP contribution in [0.5, 0.6) is 5.75 Å². The molecular formula is C14H15NO. The van der Waals surface area contributed by atoms with Crippen LogP contribution in [0.4, 0.5) is 0 Å². The van der Waals surface area contributed by atoms with Crippen molar-refractivity contribution in [2.45, 2.75) is 13.0 Å². The number of hydrogen-bond acceptors (Lipinski definition) is 2. The minimum absolute atomic E-state index is 0.163. The Morgan fingerprint density at radius 1 is 1.00 bits per heavy atom. The Morgan fingerprint density at radius 3 is 2.31 bits per heavy atom. The summed E-state index contributed by atoms with van der Waals surface area (Å²) in [4.78, 5) is 0. The summed E-state index contributed by atoms with van der Waals surface area (Å²) in [5.41, 5.74) is 8.78. The highest BCUT2D eigenvalue weighted by molar-refractivity contribution is 5.65. The molecule has 0 amide bonds. The first kappa shape index (κ1) is 10.7. The van der Waals surface area contributed by atoms with Gasteiger partial charge in [-0.25, -0.2) is 0 Å². The van der Waals surface area contributed by atoms with Gasteiger partial charge in [-0.15, -0.1) is 0 Å². The zero-order valence-electron chi connectivity index (χ0n) is 9.22. The summed E-state index contributed by atoms with van der Waals surface area (Å²) in [6, 6.07) is 15.4. The van der Waals surface area contributed by atoms with Crippen LogP contribution >= 0.6 is 0 Å². The van der Waals surface area contributed by atoms with Crippen LogP contribution in [0.3, 0.4) is 0 Å². The molecule has 0 fully saturated rings. The Bertz CT molecular complexity index is 477. The molecule has 2 aromatic carbocycles. The van der Waals surface area contributed by atoms with Gasteiger partial charge in [0.25, 0.3) is 0 Å². The third-order valence-electron chi connectivity index (χ3n) is 2.63. The third kappa shape index (κ3) is 2.07. The van der Waals surface area contributed by atoms with Gasteiger partial charge in [0.2, 0.25) is 0 Å². The Labute approximate surface area is 95.4 Å². The first-order valence-corrected chi connectivity index (χ1v) is 5.32. The lowest BCUT2D eigenvalue weighted by molar-refractivity contribution is 0.464. The molecule has 16 heavy (non-hydrogen) atoms. The monoisotopic (exact) mass is 213 g/mol. The second-order valence-electron chi connectivity index (χ2n) is 3.93. The van der Waals surface area contributed by atoms with E-state index in [-0.39, 0.29) is 11.8 Å². The highest BCUT2D eigenvalue weighted by Gasteiger charge is 2.07. The maximum absolute atomic E-state index is 9.67. The Morgan fingerprint density at radius 2 is 1.69 bits per heavy atom. The minimum atomic E-state index is -0.163. The molecule has 1 atom stereocenters. The van der Waals surface area contributed by atoms with E-state index in [1.54, 1.807) is 6.07 Å². The molecule has 0 bridgehead atoms. The highest BCUT2D eigenvalue weighted by Crippen LogP contribution is 2.28. The van der Waals surface area contributed by atoms with E-state index in [1.807, 2.05) is 49.4 Å². The van der Waals surface area contributed by atoms with Crippen LogP contribution in [-0.2, 0) is 0 Å². The fraction of sp³-hybridized carbons (Fsp3) is 0.143. The molecule has 2 aromatic rings. The van der Waals surface area contributed by atoms with Crippen LogP contribution in [0, 0.1) is 0 Å². The van der Waals surface area contributed by atoms with Crippen LogP contribution in [0.15, 0.2) is 48.5 Å². The summed E-state index contributed by atoms with van der Waals surface area (Å²) in [5, 5.41) is 9.67. The molecule has 0 aliphatic heterocycles. The van der Waals surface area contributed by atoms with Crippen molar-refractivity contribution in [2.24, 2.45) is 5.73 Å². The molecule has 3 N–H and O–H groups in total. The summed E-state index contributed by atoms with van der Waals surface area (Å²) in [5.74, 6) is 0.259. The van der Waals surface area contributed by atoms with Crippen molar-refractivity contribution in [3.05, 3.63) is 54.1 Å². The molecule has 2 heteroatoms. The van der Waals surface area contributed by atoms with Gasteiger partial charge in [-0.1, -0.05) is 36.4 Å². The second kappa shape index (κ2) is 4.37. The Balaban J connectivity index is 2.48. The van der Waals surface area contributed by atoms with Gasteiger partial charge in [-0.3, -0.25) is 0 Å². The lowest BCUT2D eigenvalue weighted by Crippen LogP contribution is -2.05. The number of phenols is 1. The zero-order valence-corrected chi connectivity index (χ0v) is 9.22. The van der Waals surface area contributed by atoms with E-state index in [4.69, 9.17) is 5.73 Å². The normalized spacial score (nSPS) is 12.4. The average molecular weight is 213 g/mol. The summed E-state index contributed by atoms with van der Waals surface area (Å²) in [6.07, 6.45) is 0. The molecular weight excluding hydrogens is 198 g/mol. The maximum atomic E-state index is 9.67. The Hall–Kier alpha value is -1.80. The molecule has 82 valence electrons. The number of benzene rings is 2. The first-order valence-electron chi connectivity index (χ1n) is 5.32. The number of aromatic hydroxyl groups is 1. The quantitative estimate of drug-likeness (QED) is 0.805. The van der Waals surface area contributed by atoms with E-state index in [1.165, 1.54) is 0 Å². The molecule has 0 aromatic heterocycles. The largest absolute Gasteiger partial charge is 0.508 e. The van der Waals surface area contributed by atoms with E-state index < -0.39 is 0 Å².